The van der Waals surface area contributed by atoms with E-state index in [1.807, 2.05) is 49.4 Å². The van der Waals surface area contributed by atoms with E-state index < -0.39 is 0 Å². The molecule has 0 aliphatic heterocycles. The van der Waals surface area contributed by atoms with Crippen LogP contribution in [0.15, 0.2) is 48.5 Å². The number of ether oxygens (including phenoxy) is 3. The molecule has 2 aromatic rings. The lowest BCUT2D eigenvalue weighted by Crippen LogP contribution is -2.07. The van der Waals surface area contributed by atoms with Crippen LogP contribution in [0.3, 0.4) is 0 Å². The topological polar surface area (TPSA) is 56.8 Å². The molecule has 1 N–H and O–H groups in total. The van der Waals surface area contributed by atoms with Crippen LogP contribution >= 0.6 is 0 Å². The molecule has 0 bridgehead atoms. The molecule has 162 valence electrons. The summed E-state index contributed by atoms with van der Waals surface area (Å²) < 4.78 is 17.1. The molecule has 5 heteroatoms. The first-order chi connectivity index (χ1) is 14.7. The molecule has 0 aliphatic rings. The number of carbonyl (C=O) groups excluding carboxylic acids is 1. The van der Waals surface area contributed by atoms with E-state index in [-0.39, 0.29) is 5.91 Å². The molecule has 2 rings (SSSR count). The zero-order chi connectivity index (χ0) is 21.6. The number of amides is 1. The normalized spacial score (nSPS) is 10.8. The minimum absolute atomic E-state index is 0.198. The Morgan fingerprint density at radius 1 is 0.867 bits per heavy atom. The monoisotopic (exact) mass is 411 g/mol. The second-order valence-electron chi connectivity index (χ2n) is 6.89. The number of anilines is 1. The molecule has 0 fully saturated rings. The van der Waals surface area contributed by atoms with Gasteiger partial charge in [0.05, 0.1) is 19.8 Å². The van der Waals surface area contributed by atoms with Crippen molar-refractivity contribution in [3.8, 4) is 17.2 Å². The van der Waals surface area contributed by atoms with E-state index in [0.717, 1.165) is 48.4 Å². The van der Waals surface area contributed by atoms with Gasteiger partial charge in [-0.25, -0.2) is 0 Å². The van der Waals surface area contributed by atoms with Crippen LogP contribution in [0.25, 0.3) is 6.08 Å². The molecule has 0 unspecified atom stereocenters. The number of unbranched alkanes of at least 4 members (excludes halogenated alkanes) is 2. The van der Waals surface area contributed by atoms with E-state index >= 15 is 0 Å². The Morgan fingerprint density at radius 2 is 1.57 bits per heavy atom. The van der Waals surface area contributed by atoms with Crippen LogP contribution in [0.2, 0.25) is 0 Å². The average molecular weight is 412 g/mol. The van der Waals surface area contributed by atoms with Crippen LogP contribution in [0.1, 0.15) is 52.0 Å². The van der Waals surface area contributed by atoms with Crippen LogP contribution in [-0.2, 0) is 4.79 Å². The van der Waals surface area contributed by atoms with Crippen LogP contribution in [0.5, 0.6) is 17.2 Å². The predicted octanol–water partition coefficient (Wildman–Crippen LogP) is 6.10. The largest absolute Gasteiger partial charge is 0.494 e. The van der Waals surface area contributed by atoms with Gasteiger partial charge in [-0.15, -0.1) is 0 Å². The van der Waals surface area contributed by atoms with Gasteiger partial charge >= 0.3 is 0 Å². The second kappa shape index (κ2) is 13.3. The molecule has 0 aromatic heterocycles. The molecule has 0 radical (unpaired) electrons. The standard InChI is InChI=1S/C25H33NO4/c1-4-7-17-29-22-13-11-21(12-14-22)26-25(27)16-10-20-9-15-23(30-18-8-5-2)24(19-20)28-6-3/h9-16,19H,4-8,17-18H2,1-3H3,(H,26,27)/b16-10+. The maximum atomic E-state index is 12.2. The van der Waals surface area contributed by atoms with Crippen molar-refractivity contribution in [1.82, 2.24) is 0 Å². The Bertz CT molecular complexity index is 799. The molecular formula is C25H33NO4. The molecule has 0 spiro atoms. The smallest absolute Gasteiger partial charge is 0.248 e. The second-order valence-corrected chi connectivity index (χ2v) is 6.89. The van der Waals surface area contributed by atoms with Gasteiger partial charge in [-0.05, 0) is 67.8 Å². The highest BCUT2D eigenvalue weighted by Gasteiger charge is 2.06. The number of hydrogen-bond donors (Lipinski definition) is 1. The number of carbonyl (C=O) groups is 1. The summed E-state index contributed by atoms with van der Waals surface area (Å²) in [6, 6.07) is 13.1. The highest BCUT2D eigenvalue weighted by Crippen LogP contribution is 2.29. The maximum absolute atomic E-state index is 12.2. The summed E-state index contributed by atoms with van der Waals surface area (Å²) in [5, 5.41) is 2.85. The molecule has 0 aliphatic carbocycles. The molecule has 0 atom stereocenters. The van der Waals surface area contributed by atoms with Crippen molar-refractivity contribution in [3.63, 3.8) is 0 Å². The van der Waals surface area contributed by atoms with Crippen LogP contribution in [-0.4, -0.2) is 25.7 Å². The van der Waals surface area contributed by atoms with Gasteiger partial charge in [-0.3, -0.25) is 4.79 Å². The number of nitrogens with one attached hydrogen (secondary N) is 1. The summed E-state index contributed by atoms with van der Waals surface area (Å²) in [6.45, 7) is 8.11. The third kappa shape index (κ3) is 8.19. The Morgan fingerprint density at radius 3 is 2.23 bits per heavy atom. The first-order valence-corrected chi connectivity index (χ1v) is 10.8. The first-order valence-electron chi connectivity index (χ1n) is 10.8. The van der Waals surface area contributed by atoms with Crippen molar-refractivity contribution < 1.29 is 19.0 Å². The van der Waals surface area contributed by atoms with Crippen LogP contribution in [0.4, 0.5) is 5.69 Å². The Kier molecular flexibility index (Phi) is 10.3. The van der Waals surface area contributed by atoms with Crippen molar-refractivity contribution >= 4 is 17.7 Å². The number of rotatable bonds is 13. The quantitative estimate of drug-likeness (QED) is 0.320. The van der Waals surface area contributed by atoms with E-state index in [1.54, 1.807) is 6.08 Å². The van der Waals surface area contributed by atoms with Gasteiger partial charge in [0.2, 0.25) is 5.91 Å². The Balaban J connectivity index is 1.94. The predicted molar refractivity (Wildman–Crippen MR) is 123 cm³/mol. The molecule has 0 heterocycles. The van der Waals surface area contributed by atoms with Crippen molar-refractivity contribution in [1.29, 1.82) is 0 Å². The summed E-state index contributed by atoms with van der Waals surface area (Å²) >= 11 is 0. The molecule has 0 saturated heterocycles. The van der Waals surface area contributed by atoms with Gasteiger partial charge < -0.3 is 19.5 Å². The van der Waals surface area contributed by atoms with E-state index in [1.165, 1.54) is 6.08 Å². The fraction of sp³-hybridized carbons (Fsp3) is 0.400. The van der Waals surface area contributed by atoms with E-state index in [9.17, 15) is 4.79 Å². The summed E-state index contributed by atoms with van der Waals surface area (Å²) in [6.07, 6.45) is 7.47. The maximum Gasteiger partial charge on any atom is 0.248 e. The summed E-state index contributed by atoms with van der Waals surface area (Å²) in [7, 11) is 0. The van der Waals surface area contributed by atoms with Gasteiger partial charge in [0.25, 0.3) is 0 Å². The first kappa shape index (κ1) is 23.3. The van der Waals surface area contributed by atoms with Crippen molar-refractivity contribution in [2.45, 2.75) is 46.5 Å². The lowest BCUT2D eigenvalue weighted by Gasteiger charge is -2.12. The Hall–Kier alpha value is -2.95. The fourth-order valence-electron chi connectivity index (χ4n) is 2.67. The molecule has 5 nitrogen and oxygen atoms in total. The zero-order valence-electron chi connectivity index (χ0n) is 18.3. The molecule has 30 heavy (non-hydrogen) atoms. The zero-order valence-corrected chi connectivity index (χ0v) is 18.3. The third-order valence-electron chi connectivity index (χ3n) is 4.34. The van der Waals surface area contributed by atoms with E-state index in [2.05, 4.69) is 19.2 Å². The highest BCUT2D eigenvalue weighted by molar-refractivity contribution is 6.01. The minimum atomic E-state index is -0.198. The fourth-order valence-corrected chi connectivity index (χ4v) is 2.67. The third-order valence-corrected chi connectivity index (χ3v) is 4.34. The highest BCUT2D eigenvalue weighted by atomic mass is 16.5. The van der Waals surface area contributed by atoms with Crippen molar-refractivity contribution in [2.75, 3.05) is 25.1 Å². The number of benzene rings is 2. The average Bonchev–Trinajstić information content (AvgIpc) is 2.75. The van der Waals surface area contributed by atoms with Gasteiger partial charge in [0, 0.05) is 11.8 Å². The van der Waals surface area contributed by atoms with Gasteiger partial charge in [0.15, 0.2) is 11.5 Å². The lowest BCUT2D eigenvalue weighted by atomic mass is 10.2. The van der Waals surface area contributed by atoms with Crippen molar-refractivity contribution in [3.05, 3.63) is 54.1 Å². The molecule has 1 amide bonds. The summed E-state index contributed by atoms with van der Waals surface area (Å²) in [4.78, 5) is 12.2. The molecule has 0 saturated carbocycles. The SMILES string of the molecule is CCCCOc1ccc(NC(=O)/C=C/c2ccc(OCCCC)c(OCC)c2)cc1. The van der Waals surface area contributed by atoms with Gasteiger partial charge in [0.1, 0.15) is 5.75 Å². The molecule has 2 aromatic carbocycles. The van der Waals surface area contributed by atoms with Gasteiger partial charge in [-0.1, -0.05) is 32.8 Å². The minimum Gasteiger partial charge on any atom is -0.494 e. The lowest BCUT2D eigenvalue weighted by molar-refractivity contribution is -0.111. The summed E-state index contributed by atoms with van der Waals surface area (Å²) in [5.74, 6) is 2.03. The van der Waals surface area contributed by atoms with Crippen LogP contribution in [0, 0.1) is 0 Å². The summed E-state index contributed by atoms with van der Waals surface area (Å²) in [5.41, 5.74) is 1.60. The van der Waals surface area contributed by atoms with Crippen molar-refractivity contribution in [2.24, 2.45) is 0 Å². The number of hydrogen-bond acceptors (Lipinski definition) is 4. The van der Waals surface area contributed by atoms with Crippen LogP contribution < -0.4 is 19.5 Å². The molecular weight excluding hydrogens is 378 g/mol. The Labute approximate surface area is 180 Å². The van der Waals surface area contributed by atoms with E-state index in [4.69, 9.17) is 14.2 Å². The van der Waals surface area contributed by atoms with Gasteiger partial charge in [-0.2, -0.15) is 0 Å². The van der Waals surface area contributed by atoms with E-state index in [0.29, 0.717) is 25.6 Å².